The Morgan fingerprint density at radius 2 is 2.38 bits per heavy atom. The van der Waals surface area contributed by atoms with E-state index in [1.807, 2.05) is 37.4 Å². The first-order valence-corrected chi connectivity index (χ1v) is 4.40. The first kappa shape index (κ1) is 8.03. The normalized spacial score (nSPS) is 16.1. The zero-order valence-corrected chi connectivity index (χ0v) is 7.62. The molecule has 2 rings (SSSR count). The highest BCUT2D eigenvalue weighted by Gasteiger charge is 2.02. The molecular weight excluding hydrogens is 158 g/mol. The Bertz CT molecular complexity index is 407. The number of pyridine rings is 1. The summed E-state index contributed by atoms with van der Waals surface area (Å²) in [5.74, 6) is 0. The zero-order chi connectivity index (χ0) is 9.10. The largest absolute Gasteiger partial charge is 0.261 e. The zero-order valence-electron chi connectivity index (χ0n) is 7.62. The van der Waals surface area contributed by atoms with Gasteiger partial charge in [0.15, 0.2) is 0 Å². The lowest BCUT2D eigenvalue weighted by molar-refractivity contribution is 1.09. The van der Waals surface area contributed by atoms with E-state index in [9.17, 15) is 0 Å². The number of hydrogen-bond acceptors (Lipinski definition) is 1. The summed E-state index contributed by atoms with van der Waals surface area (Å²) in [6, 6.07) is 2.03. The van der Waals surface area contributed by atoms with Crippen LogP contribution in [0, 0.1) is 6.92 Å². The second-order valence-corrected chi connectivity index (χ2v) is 3.07. The minimum Gasteiger partial charge on any atom is -0.261 e. The Labute approximate surface area is 78.1 Å². The number of allylic oxidation sites excluding steroid dienone is 3. The molecular formula is C12H11N. The third-order valence-electron chi connectivity index (χ3n) is 2.20. The fourth-order valence-electron chi connectivity index (χ4n) is 1.46. The van der Waals surface area contributed by atoms with Crippen molar-refractivity contribution < 1.29 is 0 Å². The summed E-state index contributed by atoms with van der Waals surface area (Å²) >= 11 is 0. The maximum Gasteiger partial charge on any atom is 0.0413 e. The van der Waals surface area contributed by atoms with Crippen LogP contribution in [0.15, 0.2) is 36.2 Å². The van der Waals surface area contributed by atoms with E-state index in [4.69, 9.17) is 0 Å². The van der Waals surface area contributed by atoms with Gasteiger partial charge in [0.1, 0.15) is 0 Å². The summed E-state index contributed by atoms with van der Waals surface area (Å²) in [5.41, 5.74) is 6.75. The number of aromatic nitrogens is 1. The average Bonchev–Trinajstić information content (AvgIpc) is 2.07. The molecule has 0 aliphatic heterocycles. The van der Waals surface area contributed by atoms with E-state index < -0.39 is 0 Å². The van der Waals surface area contributed by atoms with Gasteiger partial charge in [-0.05, 0) is 42.7 Å². The lowest BCUT2D eigenvalue weighted by Gasteiger charge is -2.06. The number of rotatable bonds is 0. The second-order valence-electron chi connectivity index (χ2n) is 3.07. The van der Waals surface area contributed by atoms with Crippen molar-refractivity contribution >= 4 is 6.08 Å². The lowest BCUT2D eigenvalue weighted by Crippen LogP contribution is -1.94. The Morgan fingerprint density at radius 1 is 1.46 bits per heavy atom. The van der Waals surface area contributed by atoms with Gasteiger partial charge in [0.2, 0.25) is 0 Å². The Morgan fingerprint density at radius 3 is 3.31 bits per heavy atom. The summed E-state index contributed by atoms with van der Waals surface area (Å²) < 4.78 is 0. The van der Waals surface area contributed by atoms with Crippen LogP contribution in [0.5, 0.6) is 0 Å². The van der Waals surface area contributed by atoms with Crippen LogP contribution in [0.25, 0.3) is 6.08 Å². The molecule has 0 radical (unpaired) electrons. The lowest BCUT2D eigenvalue weighted by atomic mass is 10.0. The molecule has 64 valence electrons. The standard InChI is InChI=1S/C12H11N/c1-10-12-7-5-3-2-4-6-11(12)8-9-13-10/h2-3,5-6,8-9H,7H2,1H3/b5-3-. The molecule has 1 heteroatoms. The average molecular weight is 169 g/mol. The number of hydrogen-bond donors (Lipinski definition) is 0. The molecule has 0 bridgehead atoms. The van der Waals surface area contributed by atoms with Gasteiger partial charge in [-0.15, -0.1) is 5.73 Å². The van der Waals surface area contributed by atoms with E-state index in [1.54, 1.807) is 0 Å². The van der Waals surface area contributed by atoms with Gasteiger partial charge in [-0.25, -0.2) is 0 Å². The van der Waals surface area contributed by atoms with Crippen LogP contribution in [0.4, 0.5) is 0 Å². The summed E-state index contributed by atoms with van der Waals surface area (Å²) in [6.45, 7) is 2.05. The molecule has 1 aromatic heterocycles. The minimum atomic E-state index is 0.962. The van der Waals surface area contributed by atoms with Gasteiger partial charge in [-0.1, -0.05) is 12.2 Å². The summed E-state index contributed by atoms with van der Waals surface area (Å²) in [4.78, 5) is 4.27. The molecule has 0 atom stereocenters. The van der Waals surface area contributed by atoms with Gasteiger partial charge in [0, 0.05) is 11.9 Å². The third-order valence-corrected chi connectivity index (χ3v) is 2.20. The molecule has 1 heterocycles. The van der Waals surface area contributed by atoms with Gasteiger partial charge < -0.3 is 0 Å². The van der Waals surface area contributed by atoms with E-state index in [-0.39, 0.29) is 0 Å². The quantitative estimate of drug-likeness (QED) is 0.544. The fraction of sp³-hybridized carbons (Fsp3) is 0.167. The number of nitrogens with zero attached hydrogens (tertiary/aromatic N) is 1. The van der Waals surface area contributed by atoms with Crippen molar-refractivity contribution in [2.24, 2.45) is 0 Å². The molecule has 1 nitrogen and oxygen atoms in total. The molecule has 0 N–H and O–H groups in total. The van der Waals surface area contributed by atoms with Crippen molar-refractivity contribution in [2.75, 3.05) is 0 Å². The van der Waals surface area contributed by atoms with E-state index in [1.165, 1.54) is 11.1 Å². The first-order valence-electron chi connectivity index (χ1n) is 4.40. The SMILES string of the molecule is Cc1nccc2c1C/C=C\C=C=C2. The molecule has 0 unspecified atom stereocenters. The Kier molecular flexibility index (Phi) is 2.11. The summed E-state index contributed by atoms with van der Waals surface area (Å²) in [5, 5.41) is 0. The fourth-order valence-corrected chi connectivity index (χ4v) is 1.46. The smallest absolute Gasteiger partial charge is 0.0413 e. The maximum absolute atomic E-state index is 4.27. The van der Waals surface area contributed by atoms with Crippen LogP contribution in [-0.4, -0.2) is 4.98 Å². The Balaban J connectivity index is 2.62. The van der Waals surface area contributed by atoms with Gasteiger partial charge in [-0.3, -0.25) is 4.98 Å². The molecule has 13 heavy (non-hydrogen) atoms. The summed E-state index contributed by atoms with van der Waals surface area (Å²) in [7, 11) is 0. The van der Waals surface area contributed by atoms with Crippen LogP contribution in [0.3, 0.4) is 0 Å². The van der Waals surface area contributed by atoms with Crippen molar-refractivity contribution in [3.05, 3.63) is 53.0 Å². The highest BCUT2D eigenvalue weighted by molar-refractivity contribution is 5.55. The molecule has 0 amide bonds. The topological polar surface area (TPSA) is 12.9 Å². The predicted molar refractivity (Wildman–Crippen MR) is 54.4 cm³/mol. The van der Waals surface area contributed by atoms with E-state index in [0.29, 0.717) is 0 Å². The second kappa shape index (κ2) is 3.42. The Hall–Kier alpha value is -1.59. The third kappa shape index (κ3) is 1.61. The molecule has 1 aromatic rings. The predicted octanol–water partition coefficient (Wildman–Crippen LogP) is 2.67. The highest BCUT2D eigenvalue weighted by Crippen LogP contribution is 2.15. The molecule has 0 saturated carbocycles. The minimum absolute atomic E-state index is 0.962. The van der Waals surface area contributed by atoms with Crippen molar-refractivity contribution in [1.82, 2.24) is 4.98 Å². The van der Waals surface area contributed by atoms with Crippen LogP contribution >= 0.6 is 0 Å². The molecule has 0 saturated heterocycles. The molecule has 0 spiro atoms. The van der Waals surface area contributed by atoms with Crippen molar-refractivity contribution in [2.45, 2.75) is 13.3 Å². The van der Waals surface area contributed by atoms with Crippen LogP contribution in [0.1, 0.15) is 16.8 Å². The van der Waals surface area contributed by atoms with Crippen molar-refractivity contribution in [3.63, 3.8) is 0 Å². The monoisotopic (exact) mass is 169 g/mol. The van der Waals surface area contributed by atoms with Crippen molar-refractivity contribution in [1.29, 1.82) is 0 Å². The van der Waals surface area contributed by atoms with E-state index in [2.05, 4.69) is 16.8 Å². The number of aryl methyl sites for hydroxylation is 1. The molecule has 0 fully saturated rings. The van der Waals surface area contributed by atoms with Crippen molar-refractivity contribution in [3.8, 4) is 0 Å². The highest BCUT2D eigenvalue weighted by atomic mass is 14.7. The molecule has 0 aromatic carbocycles. The van der Waals surface area contributed by atoms with E-state index >= 15 is 0 Å². The van der Waals surface area contributed by atoms with Gasteiger partial charge in [0.25, 0.3) is 0 Å². The van der Waals surface area contributed by atoms with Gasteiger partial charge in [0.05, 0.1) is 0 Å². The molecule has 1 aliphatic carbocycles. The van der Waals surface area contributed by atoms with Crippen LogP contribution in [0.2, 0.25) is 0 Å². The van der Waals surface area contributed by atoms with Gasteiger partial charge in [-0.2, -0.15) is 0 Å². The van der Waals surface area contributed by atoms with Crippen LogP contribution < -0.4 is 0 Å². The van der Waals surface area contributed by atoms with E-state index in [0.717, 1.165) is 12.1 Å². The number of fused-ring (bicyclic) bond motifs is 1. The van der Waals surface area contributed by atoms with Crippen LogP contribution in [-0.2, 0) is 6.42 Å². The van der Waals surface area contributed by atoms with Gasteiger partial charge >= 0.3 is 0 Å². The summed E-state index contributed by atoms with van der Waals surface area (Å²) in [6.07, 6.45) is 10.9. The first-order chi connectivity index (χ1) is 6.38. The molecule has 1 aliphatic rings. The maximum atomic E-state index is 4.27.